The Morgan fingerprint density at radius 3 is 2.57 bits per heavy atom. The molecule has 1 aliphatic carbocycles. The van der Waals surface area contributed by atoms with Crippen LogP contribution in [0.4, 0.5) is 5.69 Å². The summed E-state index contributed by atoms with van der Waals surface area (Å²) < 4.78 is 0. The van der Waals surface area contributed by atoms with Gasteiger partial charge in [0.05, 0.1) is 16.4 Å². The second-order valence-electron chi connectivity index (χ2n) is 6.62. The van der Waals surface area contributed by atoms with Crippen LogP contribution in [-0.4, -0.2) is 21.3 Å². The first-order valence-corrected chi connectivity index (χ1v) is 8.99. The molecular weight excluding hydrogens is 370 g/mol. The molecule has 5 heteroatoms. The van der Waals surface area contributed by atoms with E-state index in [2.05, 4.69) is 29.0 Å². The van der Waals surface area contributed by atoms with Gasteiger partial charge in [-0.15, -0.1) is 0 Å². The molecule has 1 aliphatic rings. The first-order valence-electron chi connectivity index (χ1n) is 8.58. The van der Waals surface area contributed by atoms with Gasteiger partial charge in [0, 0.05) is 0 Å². The second-order valence-corrected chi connectivity index (χ2v) is 6.81. The van der Waals surface area contributed by atoms with Gasteiger partial charge in [-0.05, 0) is 81.2 Å². The molecule has 0 saturated carbocycles. The number of thiocarbonyl (C=S) groups is 1. The van der Waals surface area contributed by atoms with E-state index in [4.69, 9.17) is 0 Å². The molecule has 28 heavy (non-hydrogen) atoms. The van der Waals surface area contributed by atoms with E-state index in [1.807, 2.05) is 24.3 Å². The van der Waals surface area contributed by atoms with Gasteiger partial charge in [-0.2, -0.15) is 4.99 Å². The number of nitrogens with zero attached hydrogens (tertiary/aromatic N) is 1. The van der Waals surface area contributed by atoms with Crippen molar-refractivity contribution in [3.8, 4) is 5.75 Å². The van der Waals surface area contributed by atoms with Crippen molar-refractivity contribution < 1.29 is 15.0 Å². The number of carbonyl (C=O) groups is 1. The molecule has 0 spiro atoms. The monoisotopic (exact) mass is 385 g/mol. The highest BCUT2D eigenvalue weighted by Crippen LogP contribution is 2.34. The van der Waals surface area contributed by atoms with Gasteiger partial charge < -0.3 is 10.2 Å². The fraction of sp³-hybridized carbons (Fsp3) is 0.0435. The molecule has 3 aromatic carbocycles. The summed E-state index contributed by atoms with van der Waals surface area (Å²) in [6.07, 6.45) is 0.640. The van der Waals surface area contributed by atoms with Crippen LogP contribution in [0, 0.1) is 0 Å². The zero-order valence-corrected chi connectivity index (χ0v) is 15.6. The Bertz CT molecular complexity index is 1300. The zero-order valence-electron chi connectivity index (χ0n) is 14.8. The molecule has 136 valence electrons. The summed E-state index contributed by atoms with van der Waals surface area (Å²) in [6, 6.07) is 16.0. The molecule has 0 saturated heterocycles. The number of phenolic OH excluding ortho intramolecular Hbond substituents is 1. The van der Waals surface area contributed by atoms with E-state index in [-0.39, 0.29) is 11.3 Å². The Kier molecular flexibility index (Phi) is 4.40. The third-order valence-corrected chi connectivity index (χ3v) is 4.95. The molecule has 0 aromatic heterocycles. The summed E-state index contributed by atoms with van der Waals surface area (Å²) in [5.74, 6) is -0.874. The number of aromatic hydroxyl groups is 1. The maximum Gasteiger partial charge on any atom is 0.336 e. The van der Waals surface area contributed by atoms with E-state index in [1.165, 1.54) is 6.07 Å². The molecule has 0 aliphatic heterocycles. The minimum absolute atomic E-state index is 0.132. The van der Waals surface area contributed by atoms with Crippen LogP contribution in [0.3, 0.4) is 0 Å². The Morgan fingerprint density at radius 1 is 1.04 bits per heavy atom. The standard InChI is InChI=1S/C23H15NO3S/c1-13-2-5-18-14(8-13)9-15-10-17(25)4-7-19(15)22(18)20-6-3-16(24-12-28)11-21(20)23(26)27/h2-8,10-11,25H,1,9H2,(H,26,27). The van der Waals surface area contributed by atoms with Crippen molar-refractivity contribution in [2.24, 2.45) is 4.99 Å². The molecule has 0 unspecified atom stereocenters. The minimum atomic E-state index is -1.05. The number of aliphatic imine (C=N–C) groups is 1. The van der Waals surface area contributed by atoms with Crippen LogP contribution in [0.15, 0.2) is 59.6 Å². The number of carboxylic acid groups (broad SMARTS) is 1. The Labute approximate surface area is 166 Å². The van der Waals surface area contributed by atoms with Crippen LogP contribution in [0.5, 0.6) is 5.75 Å². The number of fused-ring (bicyclic) bond motifs is 2. The average molecular weight is 385 g/mol. The number of rotatable bonds is 3. The average Bonchev–Trinajstić information content (AvgIpc) is 2.66. The van der Waals surface area contributed by atoms with E-state index >= 15 is 0 Å². The first-order chi connectivity index (χ1) is 13.5. The highest BCUT2D eigenvalue weighted by atomic mass is 32.1. The molecule has 0 fully saturated rings. The van der Waals surface area contributed by atoms with Crippen molar-refractivity contribution in [1.82, 2.24) is 0 Å². The summed E-state index contributed by atoms with van der Waals surface area (Å²) >= 11 is 4.63. The third-order valence-electron chi connectivity index (χ3n) is 4.86. The van der Waals surface area contributed by atoms with Gasteiger partial charge in [0.1, 0.15) is 5.75 Å². The Balaban J connectivity index is 2.13. The maximum absolute atomic E-state index is 12.0. The summed E-state index contributed by atoms with van der Waals surface area (Å²) in [4.78, 5) is 15.9. The van der Waals surface area contributed by atoms with E-state index in [0.717, 1.165) is 32.7 Å². The second kappa shape index (κ2) is 6.89. The summed E-state index contributed by atoms with van der Waals surface area (Å²) in [5, 5.41) is 23.9. The van der Waals surface area contributed by atoms with Gasteiger partial charge >= 0.3 is 5.97 Å². The normalized spacial score (nSPS) is 11.9. The predicted octanol–water partition coefficient (Wildman–Crippen LogP) is 3.39. The number of hydrogen-bond acceptors (Lipinski definition) is 4. The summed E-state index contributed by atoms with van der Waals surface area (Å²) in [7, 11) is 0. The summed E-state index contributed by atoms with van der Waals surface area (Å²) in [5.41, 5.74) is 4.84. The number of carboxylic acids is 1. The van der Waals surface area contributed by atoms with Crippen molar-refractivity contribution in [3.63, 3.8) is 0 Å². The first kappa shape index (κ1) is 17.9. The van der Waals surface area contributed by atoms with Crippen LogP contribution < -0.4 is 10.4 Å². The maximum atomic E-state index is 12.0. The molecule has 4 rings (SSSR count). The molecule has 4 nitrogen and oxygen atoms in total. The van der Waals surface area contributed by atoms with E-state index < -0.39 is 5.97 Å². The molecular formula is C23H15NO3S. The lowest BCUT2D eigenvalue weighted by Gasteiger charge is -2.22. The SMILES string of the molecule is C=c1ccc2c(c1)Cc1cc(O)ccc1C=2c1ccc(N=C=S)cc1C(=O)O. The molecule has 0 atom stereocenters. The topological polar surface area (TPSA) is 69.9 Å². The molecule has 0 heterocycles. The number of benzene rings is 3. The zero-order chi connectivity index (χ0) is 19.8. The lowest BCUT2D eigenvalue weighted by atomic mass is 9.82. The number of aromatic carboxylic acids is 1. The smallest absolute Gasteiger partial charge is 0.336 e. The third kappa shape index (κ3) is 3.03. The van der Waals surface area contributed by atoms with E-state index in [9.17, 15) is 15.0 Å². The van der Waals surface area contributed by atoms with Crippen LogP contribution in [0.25, 0.3) is 12.2 Å². The molecule has 0 radical (unpaired) electrons. The van der Waals surface area contributed by atoms with Gasteiger partial charge in [-0.25, -0.2) is 4.79 Å². The van der Waals surface area contributed by atoms with Crippen LogP contribution >= 0.6 is 12.2 Å². The highest BCUT2D eigenvalue weighted by molar-refractivity contribution is 7.78. The van der Waals surface area contributed by atoms with Crippen molar-refractivity contribution in [3.05, 3.63) is 92.9 Å². The Morgan fingerprint density at radius 2 is 1.82 bits per heavy atom. The Hall–Kier alpha value is -3.53. The van der Waals surface area contributed by atoms with Gasteiger partial charge in [-0.1, -0.05) is 36.9 Å². The van der Waals surface area contributed by atoms with Gasteiger partial charge in [0.25, 0.3) is 0 Å². The number of hydrogen-bond donors (Lipinski definition) is 2. The minimum Gasteiger partial charge on any atom is -0.508 e. The van der Waals surface area contributed by atoms with Crippen LogP contribution in [-0.2, 0) is 6.42 Å². The number of phenols is 1. The van der Waals surface area contributed by atoms with Crippen molar-refractivity contribution in [1.29, 1.82) is 0 Å². The lowest BCUT2D eigenvalue weighted by molar-refractivity contribution is 0.0696. The summed E-state index contributed by atoms with van der Waals surface area (Å²) in [6.45, 7) is 4.00. The van der Waals surface area contributed by atoms with Crippen LogP contribution in [0.1, 0.15) is 32.6 Å². The fourth-order valence-electron chi connectivity index (χ4n) is 3.70. The van der Waals surface area contributed by atoms with Crippen molar-refractivity contribution in [2.45, 2.75) is 6.42 Å². The van der Waals surface area contributed by atoms with Crippen LogP contribution in [0.2, 0.25) is 0 Å². The molecule has 0 bridgehead atoms. The molecule has 0 amide bonds. The van der Waals surface area contributed by atoms with Crippen molar-refractivity contribution in [2.75, 3.05) is 0 Å². The van der Waals surface area contributed by atoms with Gasteiger partial charge in [0.2, 0.25) is 0 Å². The quantitative estimate of drug-likeness (QED) is 0.419. The predicted molar refractivity (Wildman–Crippen MR) is 112 cm³/mol. The highest BCUT2D eigenvalue weighted by Gasteiger charge is 2.23. The fourth-order valence-corrected chi connectivity index (χ4v) is 3.80. The lowest BCUT2D eigenvalue weighted by Crippen LogP contribution is -2.24. The molecule has 2 N–H and O–H groups in total. The largest absolute Gasteiger partial charge is 0.508 e. The van der Waals surface area contributed by atoms with Gasteiger partial charge in [-0.3, -0.25) is 0 Å². The van der Waals surface area contributed by atoms with Gasteiger partial charge in [0.15, 0.2) is 0 Å². The molecule has 3 aromatic rings. The van der Waals surface area contributed by atoms with Crippen molar-refractivity contribution >= 4 is 41.2 Å². The van der Waals surface area contributed by atoms with E-state index in [0.29, 0.717) is 17.7 Å². The van der Waals surface area contributed by atoms with E-state index in [1.54, 1.807) is 24.3 Å². The number of isothiocyanates is 1.